The molecule has 0 bridgehead atoms. The van der Waals surface area contributed by atoms with E-state index in [2.05, 4.69) is 48.3 Å². The Hall–Kier alpha value is -5.19. The molecule has 0 radical (unpaired) electrons. The highest BCUT2D eigenvalue weighted by Gasteiger charge is 2.46. The number of hydrogen-bond acceptors (Lipinski definition) is 10. The molecule has 9 rings (SSSR count). The molecule has 6 aliphatic rings. The molecule has 3 amide bonds. The highest BCUT2D eigenvalue weighted by atomic mass is 19.1. The van der Waals surface area contributed by atoms with E-state index in [1.165, 1.54) is 18.3 Å². The van der Waals surface area contributed by atoms with Gasteiger partial charge in [-0.1, -0.05) is 4.68 Å². The molecule has 3 N–H and O–H groups in total. The molecule has 1 aromatic carbocycles. The lowest BCUT2D eigenvalue weighted by atomic mass is 9.76. The van der Waals surface area contributed by atoms with E-state index in [1.54, 1.807) is 36.8 Å². The van der Waals surface area contributed by atoms with Crippen LogP contribution in [0.4, 0.5) is 14.5 Å². The van der Waals surface area contributed by atoms with Gasteiger partial charge in [0.1, 0.15) is 22.9 Å². The van der Waals surface area contributed by atoms with Crippen molar-refractivity contribution in [3.63, 3.8) is 0 Å². The van der Waals surface area contributed by atoms with Crippen LogP contribution in [0.3, 0.4) is 0 Å². The van der Waals surface area contributed by atoms with Gasteiger partial charge in [-0.05, 0) is 88.3 Å². The first-order valence-electron chi connectivity index (χ1n) is 21.2. The summed E-state index contributed by atoms with van der Waals surface area (Å²) in [6, 6.07) is 4.95. The Morgan fingerprint density at radius 1 is 1.08 bits per heavy atom. The van der Waals surface area contributed by atoms with Gasteiger partial charge in [0.15, 0.2) is 18.4 Å². The zero-order chi connectivity index (χ0) is 41.9. The maximum Gasteiger partial charge on any atom is 0.261 e. The molecule has 0 spiro atoms. The molecule has 316 valence electrons. The van der Waals surface area contributed by atoms with Crippen LogP contribution in [0.2, 0.25) is 0 Å². The maximum absolute atomic E-state index is 15.1. The number of carbonyl (C=O) groups excluding carboxylic acids is 3. The van der Waals surface area contributed by atoms with Gasteiger partial charge in [0, 0.05) is 105 Å². The number of benzene rings is 1. The van der Waals surface area contributed by atoms with Gasteiger partial charge < -0.3 is 20.2 Å². The number of fused-ring (bicyclic) bond motifs is 2. The predicted molar refractivity (Wildman–Crippen MR) is 221 cm³/mol. The van der Waals surface area contributed by atoms with Crippen LogP contribution in [0.5, 0.6) is 0 Å². The third-order valence-electron chi connectivity index (χ3n) is 13.3. The number of hydrogen-bond donors (Lipinski definition) is 3. The number of aliphatic hydroxyl groups is 1. The molecule has 3 aromatic rings. The van der Waals surface area contributed by atoms with Crippen LogP contribution < -0.4 is 15.5 Å². The largest absolute Gasteiger partial charge is 0.386 e. The number of nitrogens with one attached hydrogen (secondary N) is 2. The number of nitrogens with zero attached hydrogens (tertiary/aromatic N) is 8. The number of piperazine rings is 1. The average Bonchev–Trinajstić information content (AvgIpc) is 3.76. The number of amides is 3. The van der Waals surface area contributed by atoms with Crippen LogP contribution in [-0.2, 0) is 9.59 Å². The molecule has 14 nitrogen and oxygen atoms in total. The van der Waals surface area contributed by atoms with Crippen LogP contribution in [0.1, 0.15) is 81.1 Å². The van der Waals surface area contributed by atoms with Gasteiger partial charge in [-0.15, -0.1) is 0 Å². The van der Waals surface area contributed by atoms with Crippen LogP contribution in [-0.4, -0.2) is 128 Å². The van der Waals surface area contributed by atoms with Crippen LogP contribution in [0.25, 0.3) is 5.65 Å². The smallest absolute Gasteiger partial charge is 0.261 e. The van der Waals surface area contributed by atoms with E-state index in [0.717, 1.165) is 77.2 Å². The number of hydrazone groups is 1. The predicted octanol–water partition coefficient (Wildman–Crippen LogP) is 3.62. The zero-order valence-electron chi connectivity index (χ0n) is 34.4. The number of rotatable bonds is 9. The van der Waals surface area contributed by atoms with Crippen molar-refractivity contribution >= 4 is 41.0 Å². The normalized spacial score (nSPS) is 27.6. The summed E-state index contributed by atoms with van der Waals surface area (Å²) in [5.41, 5.74) is 1.38. The lowest BCUT2D eigenvalue weighted by molar-refractivity contribution is -0.527. The molecule has 3 saturated heterocycles. The number of aromatic nitrogens is 3. The number of anilines is 1. The molecule has 2 aliphatic carbocycles. The summed E-state index contributed by atoms with van der Waals surface area (Å²) in [6.45, 7) is 12.7. The number of imide groups is 1. The lowest BCUT2D eigenvalue weighted by Crippen LogP contribution is -2.56. The second kappa shape index (κ2) is 15.7. The van der Waals surface area contributed by atoms with E-state index in [1.807, 2.05) is 17.1 Å². The van der Waals surface area contributed by atoms with Gasteiger partial charge in [-0.25, -0.2) is 18.3 Å². The van der Waals surface area contributed by atoms with E-state index in [4.69, 9.17) is 5.10 Å². The molecule has 2 aromatic heterocycles. The second-order valence-electron chi connectivity index (χ2n) is 18.2. The van der Waals surface area contributed by atoms with Gasteiger partial charge in [0.2, 0.25) is 11.8 Å². The number of allylic oxidation sites excluding steroid dienone is 1. The summed E-state index contributed by atoms with van der Waals surface area (Å²) in [6.07, 6.45) is 15.7. The Balaban J connectivity index is 0.746. The van der Waals surface area contributed by atoms with Crippen molar-refractivity contribution in [1.82, 2.24) is 35.0 Å². The Morgan fingerprint density at radius 2 is 1.82 bits per heavy atom. The molecule has 1 unspecified atom stereocenters. The van der Waals surface area contributed by atoms with Crippen molar-refractivity contribution in [2.45, 2.75) is 76.9 Å². The third-order valence-corrected chi connectivity index (χ3v) is 13.3. The van der Waals surface area contributed by atoms with Crippen molar-refractivity contribution in [1.29, 1.82) is 0 Å². The molecule has 60 heavy (non-hydrogen) atoms. The first-order valence-corrected chi connectivity index (χ1v) is 21.2. The van der Waals surface area contributed by atoms with Crippen molar-refractivity contribution in [3.05, 3.63) is 83.0 Å². The zero-order valence-corrected chi connectivity index (χ0v) is 34.4. The van der Waals surface area contributed by atoms with Gasteiger partial charge in [-0.3, -0.25) is 24.6 Å². The third kappa shape index (κ3) is 7.92. The van der Waals surface area contributed by atoms with Crippen molar-refractivity contribution < 1.29 is 33.0 Å². The average molecular weight is 824 g/mol. The van der Waals surface area contributed by atoms with Crippen molar-refractivity contribution in [2.24, 2.45) is 22.4 Å². The summed E-state index contributed by atoms with van der Waals surface area (Å²) in [5.74, 6) is -3.04. The van der Waals surface area contributed by atoms with Gasteiger partial charge >= 0.3 is 0 Å². The van der Waals surface area contributed by atoms with E-state index < -0.39 is 40.4 Å². The van der Waals surface area contributed by atoms with Crippen molar-refractivity contribution in [2.75, 3.05) is 57.3 Å². The fourth-order valence-corrected chi connectivity index (χ4v) is 9.99. The number of carbonyl (C=O) groups is 3. The van der Waals surface area contributed by atoms with Gasteiger partial charge in [-0.2, -0.15) is 5.10 Å². The fourth-order valence-electron chi connectivity index (χ4n) is 9.99. The monoisotopic (exact) mass is 823 g/mol. The molecule has 1 saturated carbocycles. The quantitative estimate of drug-likeness (QED) is 0.217. The standard InChI is InChI=1S/C44H52F2N10O4/c1-43(2,60)33-19-37-44(3,20-36(33)49-42(59)32-21-48-56-12-4-11-47-40(32)56)26-55(51-37)25-27-5-7-29(8-6-27)53-15-13-52(14-16-53)22-28-23-54(24-28)30-17-34(45)39(35(46)18-30)31-9-10-38(57)50-41(31)58/h4,11-12,17-21,25,27-29,31,60H,5-10,13-16,22-24,26H2,1-3H3,(H-,49,50,57,58,59)/p+1/b55-25-/t27?,29?,31-,44?/m1/s1. The minimum absolute atomic E-state index is 0.0667. The SMILES string of the molecule is CC(C)(O)C1=CC2=N/[N+](=C\C3CCC(N4CCN(CC5CN(c6cc(F)c([C@H]7CCC(=O)NC7=O)c(F)c6)C5)CC4)CC3)CC2(C)C=C1NC(=O)c1cnn2cccnc12. The second-order valence-corrected chi connectivity index (χ2v) is 18.2. The van der Waals surface area contributed by atoms with Gasteiger partial charge in [0.25, 0.3) is 5.91 Å². The Labute approximate surface area is 347 Å². The molecule has 2 atom stereocenters. The van der Waals surface area contributed by atoms with E-state index >= 15 is 8.78 Å². The first-order chi connectivity index (χ1) is 28.7. The fraction of sp³-hybridized carbons (Fsp3) is 0.523. The topological polar surface area (TPSA) is 151 Å². The van der Waals surface area contributed by atoms with Crippen LogP contribution in [0, 0.1) is 28.9 Å². The molecule has 16 heteroatoms. The number of piperidine rings is 1. The highest BCUT2D eigenvalue weighted by molar-refractivity contribution is 6.06. The molecular weight excluding hydrogens is 771 g/mol. The Bertz CT molecular complexity index is 2320. The molecular formula is C44H53F2N10O4+. The van der Waals surface area contributed by atoms with Crippen molar-refractivity contribution in [3.8, 4) is 0 Å². The first kappa shape index (κ1) is 40.2. The van der Waals surface area contributed by atoms with Gasteiger partial charge in [0.05, 0.1) is 23.1 Å². The van der Waals surface area contributed by atoms with E-state index in [-0.39, 0.29) is 24.3 Å². The van der Waals surface area contributed by atoms with E-state index in [0.29, 0.717) is 52.6 Å². The minimum Gasteiger partial charge on any atom is -0.386 e. The summed E-state index contributed by atoms with van der Waals surface area (Å²) < 4.78 is 33.8. The molecule has 4 aliphatic heterocycles. The lowest BCUT2D eigenvalue weighted by Gasteiger charge is -2.46. The van der Waals surface area contributed by atoms with Crippen LogP contribution >= 0.6 is 0 Å². The van der Waals surface area contributed by atoms with E-state index in [9.17, 15) is 19.5 Å². The maximum atomic E-state index is 15.1. The Kier molecular flexibility index (Phi) is 10.5. The Morgan fingerprint density at radius 3 is 2.52 bits per heavy atom. The molecule has 4 fully saturated rings. The summed E-state index contributed by atoms with van der Waals surface area (Å²) in [4.78, 5) is 48.7. The summed E-state index contributed by atoms with van der Waals surface area (Å²) in [7, 11) is 0. The minimum atomic E-state index is -1.22. The summed E-state index contributed by atoms with van der Waals surface area (Å²) >= 11 is 0. The highest BCUT2D eigenvalue weighted by Crippen LogP contribution is 2.39. The number of halogens is 2. The van der Waals surface area contributed by atoms with Crippen LogP contribution in [0.15, 0.2) is 65.3 Å². The molecule has 6 heterocycles. The summed E-state index contributed by atoms with van der Waals surface area (Å²) in [5, 5.41) is 25.7.